The summed E-state index contributed by atoms with van der Waals surface area (Å²) < 4.78 is 7.73. The van der Waals surface area contributed by atoms with Gasteiger partial charge in [-0.3, -0.25) is 14.5 Å². The topological polar surface area (TPSA) is 69.0 Å². The summed E-state index contributed by atoms with van der Waals surface area (Å²) in [5, 5.41) is 7.01. The maximum atomic E-state index is 12.1. The molecule has 126 valence electrons. The molecule has 0 saturated carbocycles. The van der Waals surface area contributed by atoms with Crippen LogP contribution in [0.3, 0.4) is 0 Å². The maximum Gasteiger partial charge on any atom is 0.271 e. The van der Waals surface area contributed by atoms with Gasteiger partial charge in [-0.05, 0) is 29.3 Å². The number of nitrogens with zero attached hydrogens (tertiary/aromatic N) is 3. The molecule has 3 heterocycles. The summed E-state index contributed by atoms with van der Waals surface area (Å²) in [6.07, 6.45) is 5.99. The molecule has 4 rings (SSSR count). The van der Waals surface area contributed by atoms with Gasteiger partial charge in [-0.2, -0.15) is 5.10 Å². The van der Waals surface area contributed by atoms with Gasteiger partial charge in [-0.1, -0.05) is 18.2 Å². The predicted octanol–water partition coefficient (Wildman–Crippen LogP) is 2.22. The molecule has 3 aromatic rings. The summed E-state index contributed by atoms with van der Waals surface area (Å²) in [7, 11) is 1.79. The number of rotatable bonds is 4. The normalized spacial score (nSPS) is 15.5. The molecule has 1 amide bonds. The Morgan fingerprint density at radius 3 is 2.88 bits per heavy atom. The first-order chi connectivity index (χ1) is 12.2. The van der Waals surface area contributed by atoms with Crippen LogP contribution >= 0.6 is 0 Å². The molecule has 0 fully saturated rings. The zero-order valence-electron chi connectivity index (χ0n) is 13.8. The number of aryl methyl sites for hydroxylation is 1. The summed E-state index contributed by atoms with van der Waals surface area (Å²) in [5.74, 6) is 0.709. The number of aromatic nitrogens is 3. The number of ether oxygens (including phenoxy) is 1. The molecule has 0 radical (unpaired) electrons. The number of carbonyl (C=O) groups is 1. The molecule has 0 unspecified atom stereocenters. The van der Waals surface area contributed by atoms with E-state index < -0.39 is 0 Å². The van der Waals surface area contributed by atoms with Crippen LogP contribution in [0.15, 0.2) is 55.0 Å². The van der Waals surface area contributed by atoms with E-state index in [2.05, 4.69) is 21.5 Å². The third-order valence-corrected chi connectivity index (χ3v) is 4.26. The lowest BCUT2D eigenvalue weighted by molar-refractivity contribution is 0.0928. The third kappa shape index (κ3) is 3.10. The lowest BCUT2D eigenvalue weighted by Crippen LogP contribution is -2.34. The second-order valence-corrected chi connectivity index (χ2v) is 6.06. The van der Waals surface area contributed by atoms with Crippen LogP contribution < -0.4 is 10.1 Å². The van der Waals surface area contributed by atoms with Crippen LogP contribution in [-0.2, 0) is 13.5 Å². The minimum absolute atomic E-state index is 0.0781. The number of fused-ring (bicyclic) bond motifs is 1. The number of benzene rings is 1. The van der Waals surface area contributed by atoms with E-state index in [0.29, 0.717) is 12.2 Å². The highest BCUT2D eigenvalue weighted by Crippen LogP contribution is 2.38. The van der Waals surface area contributed by atoms with E-state index in [4.69, 9.17) is 4.74 Å². The first-order valence-corrected chi connectivity index (χ1v) is 8.17. The lowest BCUT2D eigenvalue weighted by Gasteiger charge is -2.13. The number of para-hydroxylation sites is 1. The Morgan fingerprint density at radius 2 is 2.12 bits per heavy atom. The predicted molar refractivity (Wildman–Crippen MR) is 93.3 cm³/mol. The molecule has 1 aromatic carbocycles. The fraction of sp³-hybridized carbons (Fsp3) is 0.211. The van der Waals surface area contributed by atoms with E-state index in [1.54, 1.807) is 36.4 Å². The van der Waals surface area contributed by atoms with Crippen LogP contribution in [0.25, 0.3) is 11.1 Å². The van der Waals surface area contributed by atoms with Gasteiger partial charge in [0, 0.05) is 37.6 Å². The molecule has 6 nitrogen and oxygen atoms in total. The quantitative estimate of drug-likeness (QED) is 0.794. The summed E-state index contributed by atoms with van der Waals surface area (Å²) >= 11 is 0. The molecule has 0 aliphatic carbocycles. The number of nitrogens with one attached hydrogen (secondary N) is 1. The van der Waals surface area contributed by atoms with Crippen LogP contribution in [0.1, 0.15) is 16.1 Å². The summed E-state index contributed by atoms with van der Waals surface area (Å²) in [6.45, 7) is 0.444. The van der Waals surface area contributed by atoms with Crippen LogP contribution in [0.4, 0.5) is 0 Å². The SMILES string of the molecule is Cn1ccc(C(=O)NC[C@H]2Cc3cccc(-c4ccncc4)c3O2)n1. The molecule has 0 bridgehead atoms. The molecule has 25 heavy (non-hydrogen) atoms. The second-order valence-electron chi connectivity index (χ2n) is 6.06. The molecule has 2 aromatic heterocycles. The minimum atomic E-state index is -0.186. The summed E-state index contributed by atoms with van der Waals surface area (Å²) in [5.41, 5.74) is 3.70. The van der Waals surface area contributed by atoms with E-state index in [-0.39, 0.29) is 12.0 Å². The fourth-order valence-electron chi connectivity index (χ4n) is 3.04. The van der Waals surface area contributed by atoms with E-state index >= 15 is 0 Å². The number of pyridine rings is 1. The average Bonchev–Trinajstić information content (AvgIpc) is 3.26. The molecule has 1 N–H and O–H groups in total. The third-order valence-electron chi connectivity index (χ3n) is 4.26. The first-order valence-electron chi connectivity index (χ1n) is 8.17. The van der Waals surface area contributed by atoms with Crippen LogP contribution in [-0.4, -0.2) is 33.3 Å². The van der Waals surface area contributed by atoms with Crippen molar-refractivity contribution in [2.75, 3.05) is 6.54 Å². The van der Waals surface area contributed by atoms with Crippen molar-refractivity contribution in [2.45, 2.75) is 12.5 Å². The largest absolute Gasteiger partial charge is 0.487 e. The van der Waals surface area contributed by atoms with E-state index in [1.165, 1.54) is 0 Å². The average molecular weight is 334 g/mol. The smallest absolute Gasteiger partial charge is 0.271 e. The molecule has 0 spiro atoms. The monoisotopic (exact) mass is 334 g/mol. The van der Waals surface area contributed by atoms with Gasteiger partial charge in [0.25, 0.3) is 5.91 Å². The van der Waals surface area contributed by atoms with E-state index in [1.807, 2.05) is 24.3 Å². The Bertz CT molecular complexity index is 905. The van der Waals surface area contributed by atoms with Gasteiger partial charge in [0.1, 0.15) is 17.5 Å². The minimum Gasteiger partial charge on any atom is -0.487 e. The van der Waals surface area contributed by atoms with Crippen molar-refractivity contribution in [1.82, 2.24) is 20.1 Å². The molecular formula is C19H18N4O2. The van der Waals surface area contributed by atoms with Crippen LogP contribution in [0.2, 0.25) is 0 Å². The van der Waals surface area contributed by atoms with Crippen molar-refractivity contribution >= 4 is 5.91 Å². The zero-order valence-corrected chi connectivity index (χ0v) is 13.8. The van der Waals surface area contributed by atoms with Crippen LogP contribution in [0, 0.1) is 0 Å². The Hall–Kier alpha value is -3.15. The van der Waals surface area contributed by atoms with Gasteiger partial charge in [-0.15, -0.1) is 0 Å². The van der Waals surface area contributed by atoms with Gasteiger partial charge in [0.15, 0.2) is 0 Å². The molecular weight excluding hydrogens is 316 g/mol. The number of hydrogen-bond donors (Lipinski definition) is 1. The number of hydrogen-bond acceptors (Lipinski definition) is 4. The Labute approximate surface area is 145 Å². The molecule has 1 aliphatic heterocycles. The standard InChI is InChI=1S/C19H18N4O2/c1-23-10-7-17(22-23)19(24)21-12-15-11-14-3-2-4-16(18(14)25-15)13-5-8-20-9-6-13/h2-10,15H,11-12H2,1H3,(H,21,24)/t15-/m1/s1. The fourth-order valence-corrected chi connectivity index (χ4v) is 3.04. The Kier molecular flexibility index (Phi) is 3.93. The molecule has 0 saturated heterocycles. The Morgan fingerprint density at radius 1 is 1.28 bits per heavy atom. The molecule has 6 heteroatoms. The zero-order chi connectivity index (χ0) is 17.2. The van der Waals surface area contributed by atoms with Crippen molar-refractivity contribution in [3.63, 3.8) is 0 Å². The number of amides is 1. The van der Waals surface area contributed by atoms with Crippen molar-refractivity contribution < 1.29 is 9.53 Å². The van der Waals surface area contributed by atoms with Crippen molar-refractivity contribution in [2.24, 2.45) is 7.05 Å². The highest BCUT2D eigenvalue weighted by molar-refractivity contribution is 5.92. The maximum absolute atomic E-state index is 12.1. The molecule has 1 atom stereocenters. The van der Waals surface area contributed by atoms with Crippen LogP contribution in [0.5, 0.6) is 5.75 Å². The second kappa shape index (κ2) is 6.39. The lowest BCUT2D eigenvalue weighted by atomic mass is 10.0. The Balaban J connectivity index is 1.46. The van der Waals surface area contributed by atoms with Crippen molar-refractivity contribution in [3.8, 4) is 16.9 Å². The summed E-state index contributed by atoms with van der Waals surface area (Å²) in [4.78, 5) is 16.2. The van der Waals surface area contributed by atoms with Gasteiger partial charge in [0.2, 0.25) is 0 Å². The van der Waals surface area contributed by atoms with Gasteiger partial charge >= 0.3 is 0 Å². The highest BCUT2D eigenvalue weighted by atomic mass is 16.5. The summed E-state index contributed by atoms with van der Waals surface area (Å²) in [6, 6.07) is 11.8. The first kappa shape index (κ1) is 15.4. The van der Waals surface area contributed by atoms with Gasteiger partial charge in [0.05, 0.1) is 6.54 Å². The van der Waals surface area contributed by atoms with Gasteiger partial charge in [-0.25, -0.2) is 0 Å². The highest BCUT2D eigenvalue weighted by Gasteiger charge is 2.26. The van der Waals surface area contributed by atoms with E-state index in [0.717, 1.165) is 28.9 Å². The number of carbonyl (C=O) groups excluding carboxylic acids is 1. The van der Waals surface area contributed by atoms with Gasteiger partial charge < -0.3 is 10.1 Å². The molecule has 1 aliphatic rings. The van der Waals surface area contributed by atoms with Crippen molar-refractivity contribution in [1.29, 1.82) is 0 Å². The van der Waals surface area contributed by atoms with Crippen molar-refractivity contribution in [3.05, 3.63) is 66.2 Å². The van der Waals surface area contributed by atoms with E-state index in [9.17, 15) is 4.79 Å².